The average Bonchev–Trinajstić information content (AvgIpc) is 3.80. The second kappa shape index (κ2) is 10.9. The fraction of sp³-hybridized carbons (Fsp3) is 0.0270. The van der Waals surface area contributed by atoms with Gasteiger partial charge >= 0.3 is 0 Å². The molecule has 0 unspecified atom stereocenters. The van der Waals surface area contributed by atoms with Crippen LogP contribution in [0.3, 0.4) is 0 Å². The van der Waals surface area contributed by atoms with Gasteiger partial charge in [0.25, 0.3) is 0 Å². The van der Waals surface area contributed by atoms with Crippen molar-refractivity contribution in [3.05, 3.63) is 145 Å². The summed E-state index contributed by atoms with van der Waals surface area (Å²) in [6.45, 7) is 2.13. The van der Waals surface area contributed by atoms with Gasteiger partial charge in [-0.15, -0.1) is 34.0 Å². The Balaban J connectivity index is 1.06. The molecule has 0 N–H and O–H groups in total. The zero-order valence-electron chi connectivity index (χ0n) is 22.0. The van der Waals surface area contributed by atoms with Crippen molar-refractivity contribution in [2.24, 2.45) is 0 Å². The normalized spacial score (nSPS) is 11.1. The van der Waals surface area contributed by atoms with Crippen LogP contribution in [-0.2, 0) is 0 Å². The van der Waals surface area contributed by atoms with E-state index >= 15 is 0 Å². The highest BCUT2D eigenvalue weighted by atomic mass is 32.1. The fourth-order valence-electron chi connectivity index (χ4n) is 4.86. The zero-order chi connectivity index (χ0) is 26.9. The molecule has 0 amide bonds. The molecule has 0 radical (unpaired) electrons. The largest absolute Gasteiger partial charge is 0.135 e. The molecule has 192 valence electrons. The monoisotopic (exact) mass is 566 g/mol. The number of hydrogen-bond acceptors (Lipinski definition) is 3. The first kappa shape index (κ1) is 25.0. The van der Waals surface area contributed by atoms with Crippen molar-refractivity contribution in [1.82, 2.24) is 0 Å². The van der Waals surface area contributed by atoms with Crippen LogP contribution in [0, 0.1) is 6.92 Å². The Hall–Kier alpha value is -4.02. The molecule has 3 heteroatoms. The lowest BCUT2D eigenvalue weighted by molar-refractivity contribution is 1.48. The van der Waals surface area contributed by atoms with Gasteiger partial charge in [-0.1, -0.05) is 109 Å². The van der Waals surface area contributed by atoms with Crippen LogP contribution < -0.4 is 0 Å². The van der Waals surface area contributed by atoms with Crippen molar-refractivity contribution in [3.63, 3.8) is 0 Å². The van der Waals surface area contributed by atoms with E-state index in [1.54, 1.807) is 0 Å². The number of hydrogen-bond donors (Lipinski definition) is 0. The molecule has 7 aromatic rings. The molecular formula is C37H26S3. The molecule has 3 heterocycles. The summed E-state index contributed by atoms with van der Waals surface area (Å²) in [5, 5.41) is 0. The molecule has 0 bridgehead atoms. The van der Waals surface area contributed by atoms with Gasteiger partial charge in [0.05, 0.1) is 0 Å². The van der Waals surface area contributed by atoms with E-state index in [0.717, 1.165) is 0 Å². The van der Waals surface area contributed by atoms with Crippen LogP contribution in [0.5, 0.6) is 0 Å². The molecule has 0 aliphatic rings. The van der Waals surface area contributed by atoms with Gasteiger partial charge in [0.1, 0.15) is 0 Å². The minimum atomic E-state index is 1.26. The molecule has 0 spiro atoms. The smallest absolute Gasteiger partial charge is 0.0349 e. The lowest BCUT2D eigenvalue weighted by atomic mass is 10.1. The molecule has 4 aromatic carbocycles. The Morgan fingerprint density at radius 3 is 0.825 bits per heavy atom. The molecule has 0 fully saturated rings. The van der Waals surface area contributed by atoms with E-state index in [-0.39, 0.29) is 0 Å². The Kier molecular flexibility index (Phi) is 6.78. The Labute approximate surface area is 247 Å². The maximum absolute atomic E-state index is 2.25. The Bertz CT molecular complexity index is 1860. The van der Waals surface area contributed by atoms with Crippen LogP contribution in [0.4, 0.5) is 0 Å². The van der Waals surface area contributed by atoms with E-state index in [4.69, 9.17) is 0 Å². The van der Waals surface area contributed by atoms with E-state index in [0.29, 0.717) is 0 Å². The topological polar surface area (TPSA) is 0 Å². The van der Waals surface area contributed by atoms with Crippen LogP contribution in [0.1, 0.15) is 5.56 Å². The van der Waals surface area contributed by atoms with Gasteiger partial charge in [0.15, 0.2) is 0 Å². The van der Waals surface area contributed by atoms with Crippen LogP contribution >= 0.6 is 34.0 Å². The minimum absolute atomic E-state index is 1.26. The Morgan fingerprint density at radius 2 is 0.525 bits per heavy atom. The number of benzene rings is 4. The lowest BCUT2D eigenvalue weighted by Crippen LogP contribution is -1.75. The summed E-state index contributed by atoms with van der Waals surface area (Å²) < 4.78 is 0. The average molecular weight is 567 g/mol. The highest BCUT2D eigenvalue weighted by molar-refractivity contribution is 7.19. The lowest BCUT2D eigenvalue weighted by Gasteiger charge is -2.02. The highest BCUT2D eigenvalue weighted by Crippen LogP contribution is 2.39. The van der Waals surface area contributed by atoms with E-state index in [2.05, 4.69) is 146 Å². The molecule has 7 rings (SSSR count). The number of rotatable bonds is 6. The Morgan fingerprint density at radius 1 is 0.275 bits per heavy atom. The highest BCUT2D eigenvalue weighted by Gasteiger charge is 2.10. The van der Waals surface area contributed by atoms with Gasteiger partial charge in [-0.05, 0) is 76.7 Å². The third kappa shape index (κ3) is 5.12. The van der Waals surface area contributed by atoms with Gasteiger partial charge in [-0.3, -0.25) is 0 Å². The van der Waals surface area contributed by atoms with Crippen molar-refractivity contribution in [3.8, 4) is 62.6 Å². The van der Waals surface area contributed by atoms with E-state index in [1.807, 2.05) is 34.0 Å². The predicted molar refractivity (Wildman–Crippen MR) is 177 cm³/mol. The summed E-state index contributed by atoms with van der Waals surface area (Å²) >= 11 is 5.55. The van der Waals surface area contributed by atoms with Crippen molar-refractivity contribution in [2.45, 2.75) is 6.92 Å². The number of thiophene rings is 3. The van der Waals surface area contributed by atoms with Gasteiger partial charge in [0.2, 0.25) is 0 Å². The maximum atomic E-state index is 2.25. The summed E-state index contributed by atoms with van der Waals surface area (Å²) in [5.74, 6) is 0. The van der Waals surface area contributed by atoms with E-state index < -0.39 is 0 Å². The second-order valence-electron chi connectivity index (χ2n) is 9.88. The van der Waals surface area contributed by atoms with Crippen LogP contribution in [0.2, 0.25) is 0 Å². The first-order chi connectivity index (χ1) is 19.7. The van der Waals surface area contributed by atoms with Gasteiger partial charge in [0, 0.05) is 29.3 Å². The zero-order valence-corrected chi connectivity index (χ0v) is 24.5. The molecule has 0 aliphatic heterocycles. The summed E-state index contributed by atoms with van der Waals surface area (Å²) in [5.41, 5.74) is 8.91. The third-order valence-electron chi connectivity index (χ3n) is 7.12. The number of aryl methyl sites for hydroxylation is 1. The molecule has 3 aromatic heterocycles. The van der Waals surface area contributed by atoms with Gasteiger partial charge in [-0.2, -0.15) is 0 Å². The van der Waals surface area contributed by atoms with Crippen molar-refractivity contribution in [1.29, 1.82) is 0 Å². The molecular weight excluding hydrogens is 541 g/mol. The van der Waals surface area contributed by atoms with Crippen LogP contribution in [0.25, 0.3) is 62.6 Å². The summed E-state index contributed by atoms with van der Waals surface area (Å²) in [6, 6.07) is 50.8. The SMILES string of the molecule is Cc1ccc(-c2ccc(-c3ccc(-c4ccc(-c5ccc(-c6ccc(-c7ccccc7)s6)cc5)s4)cc3)s2)cc1. The first-order valence-electron chi connectivity index (χ1n) is 13.3. The van der Waals surface area contributed by atoms with Gasteiger partial charge < -0.3 is 0 Å². The molecule has 0 atom stereocenters. The molecule has 0 aliphatic carbocycles. The molecule has 0 nitrogen and oxygen atoms in total. The predicted octanol–water partition coefficient (Wildman–Crippen LogP) is 12.2. The minimum Gasteiger partial charge on any atom is -0.135 e. The molecule has 0 saturated heterocycles. The van der Waals surface area contributed by atoms with Gasteiger partial charge in [-0.25, -0.2) is 0 Å². The third-order valence-corrected chi connectivity index (χ3v) is 10.7. The summed E-state index contributed by atoms with van der Waals surface area (Å²) in [6.07, 6.45) is 0. The summed E-state index contributed by atoms with van der Waals surface area (Å²) in [7, 11) is 0. The maximum Gasteiger partial charge on any atom is 0.0349 e. The first-order valence-corrected chi connectivity index (χ1v) is 15.8. The quantitative estimate of drug-likeness (QED) is 0.188. The van der Waals surface area contributed by atoms with Crippen molar-refractivity contribution >= 4 is 34.0 Å². The fourth-order valence-corrected chi connectivity index (χ4v) is 7.91. The standard InChI is InChI=1S/C37H26S3/c1-25-7-9-27(10-8-25)33-21-22-35(39-33)29-15-17-31(18-16-29)37-24-23-36(40-37)30-13-11-28(12-14-30)34-20-19-32(38-34)26-5-3-2-4-6-26/h2-24H,1H3. The molecule has 0 saturated carbocycles. The van der Waals surface area contributed by atoms with Crippen LogP contribution in [-0.4, -0.2) is 0 Å². The van der Waals surface area contributed by atoms with Crippen molar-refractivity contribution < 1.29 is 0 Å². The van der Waals surface area contributed by atoms with E-state index in [9.17, 15) is 0 Å². The van der Waals surface area contributed by atoms with Crippen molar-refractivity contribution in [2.75, 3.05) is 0 Å². The van der Waals surface area contributed by atoms with Crippen LogP contribution in [0.15, 0.2) is 140 Å². The second-order valence-corrected chi connectivity index (χ2v) is 13.1. The summed E-state index contributed by atoms with van der Waals surface area (Å²) in [4.78, 5) is 7.80. The van der Waals surface area contributed by atoms with E-state index in [1.165, 1.54) is 68.2 Å². The molecule has 40 heavy (non-hydrogen) atoms.